The van der Waals surface area contributed by atoms with Gasteiger partial charge in [0.2, 0.25) is 5.91 Å². The van der Waals surface area contributed by atoms with E-state index in [0.717, 1.165) is 23.4 Å². The molecule has 20 heavy (non-hydrogen) atoms. The largest absolute Gasteiger partial charge is 0.416 e. The fourth-order valence-electron chi connectivity index (χ4n) is 2.34. The maximum atomic E-state index is 12.5. The van der Waals surface area contributed by atoms with Gasteiger partial charge in [-0.25, -0.2) is 0 Å². The van der Waals surface area contributed by atoms with Gasteiger partial charge in [-0.3, -0.25) is 9.69 Å². The smallest absolute Gasteiger partial charge is 0.280 e. The second kappa shape index (κ2) is 4.37. The van der Waals surface area contributed by atoms with Crippen LogP contribution in [0.3, 0.4) is 0 Å². The maximum Gasteiger partial charge on any atom is 0.416 e. The molecular weight excluding hydrogens is 267 g/mol. The Bertz CT molecular complexity index is 662. The van der Waals surface area contributed by atoms with Crippen LogP contribution in [0.4, 0.5) is 24.5 Å². The summed E-state index contributed by atoms with van der Waals surface area (Å²) in [5, 5.41) is 0. The zero-order chi connectivity index (χ0) is 14.3. The molecule has 5 heteroatoms. The Labute approximate surface area is 113 Å². The average molecular weight is 277 g/mol. The third-order valence-electron chi connectivity index (χ3n) is 3.28. The second-order valence-corrected chi connectivity index (χ2v) is 4.58. The highest BCUT2D eigenvalue weighted by molar-refractivity contribution is 6.07. The maximum absolute atomic E-state index is 12.5. The molecule has 1 heterocycles. The van der Waals surface area contributed by atoms with Crippen molar-refractivity contribution in [3.8, 4) is 0 Å². The number of amides is 1. The van der Waals surface area contributed by atoms with Gasteiger partial charge in [-0.1, -0.05) is 18.2 Å². The number of rotatable bonds is 1. The summed E-state index contributed by atoms with van der Waals surface area (Å²) in [7, 11) is 0. The number of carbonyl (C=O) groups excluding carboxylic acids is 1. The number of anilines is 2. The normalized spacial score (nSPS) is 14.6. The van der Waals surface area contributed by atoms with Gasteiger partial charge in [-0.2, -0.15) is 13.2 Å². The topological polar surface area (TPSA) is 20.3 Å². The van der Waals surface area contributed by atoms with E-state index in [2.05, 4.69) is 0 Å². The van der Waals surface area contributed by atoms with E-state index in [-0.39, 0.29) is 12.3 Å². The van der Waals surface area contributed by atoms with Crippen molar-refractivity contribution in [1.82, 2.24) is 0 Å². The van der Waals surface area contributed by atoms with Gasteiger partial charge in [0.25, 0.3) is 0 Å². The Balaban J connectivity index is 2.00. The zero-order valence-electron chi connectivity index (χ0n) is 10.3. The Kier molecular flexibility index (Phi) is 2.78. The van der Waals surface area contributed by atoms with Gasteiger partial charge in [0.05, 0.1) is 17.7 Å². The molecule has 3 rings (SSSR count). The van der Waals surface area contributed by atoms with Crippen molar-refractivity contribution < 1.29 is 18.0 Å². The number of hydrogen-bond donors (Lipinski definition) is 0. The molecule has 2 aromatic carbocycles. The molecule has 0 aromatic heterocycles. The molecule has 2 nitrogen and oxygen atoms in total. The van der Waals surface area contributed by atoms with Crippen LogP contribution in [0.2, 0.25) is 0 Å². The summed E-state index contributed by atoms with van der Waals surface area (Å²) in [6.07, 6.45) is -4.09. The first kappa shape index (κ1) is 12.7. The molecular formula is C15H10F3NO. The number of halogens is 3. The lowest BCUT2D eigenvalue weighted by Gasteiger charge is -2.18. The number of para-hydroxylation sites is 1. The molecule has 0 radical (unpaired) electrons. The summed E-state index contributed by atoms with van der Waals surface area (Å²) in [4.78, 5) is 13.5. The molecule has 0 N–H and O–H groups in total. The first-order valence-electron chi connectivity index (χ1n) is 6.05. The lowest BCUT2D eigenvalue weighted by Crippen LogP contribution is -2.20. The third kappa shape index (κ3) is 2.05. The minimum absolute atomic E-state index is 0.133. The van der Waals surface area contributed by atoms with Crippen LogP contribution in [0.25, 0.3) is 0 Å². The van der Waals surface area contributed by atoms with Crippen LogP contribution < -0.4 is 4.90 Å². The number of benzene rings is 2. The molecule has 1 aliphatic heterocycles. The van der Waals surface area contributed by atoms with Crippen LogP contribution in [0.5, 0.6) is 0 Å². The summed E-state index contributed by atoms with van der Waals surface area (Å²) < 4.78 is 37.6. The van der Waals surface area contributed by atoms with Crippen molar-refractivity contribution in [3.63, 3.8) is 0 Å². The molecule has 0 bridgehead atoms. The van der Waals surface area contributed by atoms with Gasteiger partial charge in [0.1, 0.15) is 0 Å². The molecule has 2 aromatic rings. The SMILES string of the molecule is O=C1Cc2ccccc2N1c1ccc(C(F)(F)F)cc1. The molecule has 102 valence electrons. The molecule has 1 aliphatic rings. The monoisotopic (exact) mass is 277 g/mol. The van der Waals surface area contributed by atoms with Crippen molar-refractivity contribution >= 4 is 17.3 Å². The Morgan fingerprint density at radius 2 is 1.60 bits per heavy atom. The Morgan fingerprint density at radius 3 is 2.25 bits per heavy atom. The van der Waals surface area contributed by atoms with Crippen LogP contribution in [0.15, 0.2) is 48.5 Å². The number of carbonyl (C=O) groups is 1. The lowest BCUT2D eigenvalue weighted by molar-refractivity contribution is -0.137. The number of alkyl halides is 3. The third-order valence-corrected chi connectivity index (χ3v) is 3.28. The molecule has 0 saturated heterocycles. The van der Waals surface area contributed by atoms with Gasteiger partial charge in [-0.15, -0.1) is 0 Å². The van der Waals surface area contributed by atoms with E-state index in [1.165, 1.54) is 17.0 Å². The molecule has 0 spiro atoms. The second-order valence-electron chi connectivity index (χ2n) is 4.58. The van der Waals surface area contributed by atoms with Gasteiger partial charge in [0.15, 0.2) is 0 Å². The number of nitrogens with zero attached hydrogens (tertiary/aromatic N) is 1. The summed E-state index contributed by atoms with van der Waals surface area (Å²) in [6, 6.07) is 11.9. The quantitative estimate of drug-likeness (QED) is 0.773. The summed E-state index contributed by atoms with van der Waals surface area (Å²) >= 11 is 0. The highest BCUT2D eigenvalue weighted by Crippen LogP contribution is 2.36. The summed E-state index contributed by atoms with van der Waals surface area (Å²) in [5.74, 6) is -0.133. The molecule has 0 saturated carbocycles. The number of fused-ring (bicyclic) bond motifs is 1. The number of hydrogen-bond acceptors (Lipinski definition) is 1. The summed E-state index contributed by atoms with van der Waals surface area (Å²) in [5.41, 5.74) is 1.35. The van der Waals surface area contributed by atoms with E-state index in [1.54, 1.807) is 12.1 Å². The standard InChI is InChI=1S/C15H10F3NO/c16-15(17,18)11-5-7-12(8-6-11)19-13-4-2-1-3-10(13)9-14(19)20/h1-8H,9H2. The van der Waals surface area contributed by atoms with Crippen molar-refractivity contribution in [3.05, 3.63) is 59.7 Å². The average Bonchev–Trinajstić information content (AvgIpc) is 2.73. The van der Waals surface area contributed by atoms with E-state index < -0.39 is 11.7 Å². The van der Waals surface area contributed by atoms with E-state index >= 15 is 0 Å². The van der Waals surface area contributed by atoms with Crippen molar-refractivity contribution in [2.45, 2.75) is 12.6 Å². The van der Waals surface area contributed by atoms with Crippen LogP contribution in [-0.2, 0) is 17.4 Å². The van der Waals surface area contributed by atoms with Crippen LogP contribution in [-0.4, -0.2) is 5.91 Å². The van der Waals surface area contributed by atoms with Crippen LogP contribution in [0.1, 0.15) is 11.1 Å². The molecule has 1 amide bonds. The first-order valence-corrected chi connectivity index (χ1v) is 6.05. The highest BCUT2D eigenvalue weighted by atomic mass is 19.4. The van der Waals surface area contributed by atoms with Gasteiger partial charge in [-0.05, 0) is 35.9 Å². The van der Waals surface area contributed by atoms with Crippen LogP contribution in [0, 0.1) is 0 Å². The Hall–Kier alpha value is -2.30. The van der Waals surface area contributed by atoms with E-state index in [0.29, 0.717) is 5.69 Å². The lowest BCUT2D eigenvalue weighted by atomic mass is 10.1. The van der Waals surface area contributed by atoms with Crippen LogP contribution >= 0.6 is 0 Å². The Morgan fingerprint density at radius 1 is 0.950 bits per heavy atom. The van der Waals surface area contributed by atoms with E-state index in [4.69, 9.17) is 0 Å². The minimum Gasteiger partial charge on any atom is -0.280 e. The fourth-order valence-corrected chi connectivity index (χ4v) is 2.34. The first-order chi connectivity index (χ1) is 9.47. The molecule has 0 atom stereocenters. The van der Waals surface area contributed by atoms with Gasteiger partial charge in [0, 0.05) is 5.69 Å². The van der Waals surface area contributed by atoms with E-state index in [1.807, 2.05) is 12.1 Å². The van der Waals surface area contributed by atoms with Crippen molar-refractivity contribution in [2.75, 3.05) is 4.90 Å². The molecule has 0 unspecified atom stereocenters. The van der Waals surface area contributed by atoms with Crippen molar-refractivity contribution in [2.24, 2.45) is 0 Å². The van der Waals surface area contributed by atoms with Gasteiger partial charge >= 0.3 is 6.18 Å². The molecule has 0 aliphatic carbocycles. The van der Waals surface area contributed by atoms with E-state index in [9.17, 15) is 18.0 Å². The summed E-state index contributed by atoms with van der Waals surface area (Å²) in [6.45, 7) is 0. The fraction of sp³-hybridized carbons (Fsp3) is 0.133. The van der Waals surface area contributed by atoms with Crippen molar-refractivity contribution in [1.29, 1.82) is 0 Å². The zero-order valence-corrected chi connectivity index (χ0v) is 10.3. The minimum atomic E-state index is -4.37. The predicted molar refractivity (Wildman–Crippen MR) is 68.7 cm³/mol. The highest BCUT2D eigenvalue weighted by Gasteiger charge is 2.32. The molecule has 0 fully saturated rings. The predicted octanol–water partition coefficient (Wildman–Crippen LogP) is 3.93. The van der Waals surface area contributed by atoms with Gasteiger partial charge < -0.3 is 0 Å².